The minimum absolute atomic E-state index is 0.0649. The molecule has 21 heavy (non-hydrogen) atoms. The van der Waals surface area contributed by atoms with E-state index in [0.29, 0.717) is 29.8 Å². The van der Waals surface area contributed by atoms with Gasteiger partial charge in [0.15, 0.2) is 5.78 Å². The first-order valence-electron chi connectivity index (χ1n) is 7.16. The van der Waals surface area contributed by atoms with Gasteiger partial charge in [-0.3, -0.25) is 9.59 Å². The number of fused-ring (bicyclic) bond motifs is 1. The van der Waals surface area contributed by atoms with Crippen molar-refractivity contribution in [2.45, 2.75) is 40.2 Å². The third-order valence-electron chi connectivity index (χ3n) is 3.35. The van der Waals surface area contributed by atoms with Crippen LogP contribution >= 0.6 is 0 Å². The summed E-state index contributed by atoms with van der Waals surface area (Å²) in [5.41, 5.74) is 2.08. The second-order valence-corrected chi connectivity index (χ2v) is 5.59. The topological polar surface area (TPSA) is 72.2 Å². The summed E-state index contributed by atoms with van der Waals surface area (Å²) in [5.74, 6) is 0.303. The molecule has 0 atom stereocenters. The van der Waals surface area contributed by atoms with Crippen LogP contribution in [0.2, 0.25) is 0 Å². The van der Waals surface area contributed by atoms with Gasteiger partial charge in [-0.15, -0.1) is 0 Å². The zero-order valence-electron chi connectivity index (χ0n) is 12.6. The highest BCUT2D eigenvalue weighted by Gasteiger charge is 2.15. The Morgan fingerprint density at radius 2 is 2.05 bits per heavy atom. The van der Waals surface area contributed by atoms with Crippen molar-refractivity contribution in [3.63, 3.8) is 0 Å². The summed E-state index contributed by atoms with van der Waals surface area (Å²) in [4.78, 5) is 27.4. The fourth-order valence-corrected chi connectivity index (χ4v) is 2.39. The molecule has 5 nitrogen and oxygen atoms in total. The van der Waals surface area contributed by atoms with Gasteiger partial charge in [0.25, 0.3) is 0 Å². The van der Waals surface area contributed by atoms with Crippen LogP contribution in [-0.2, 0) is 17.8 Å². The van der Waals surface area contributed by atoms with Gasteiger partial charge in [0.1, 0.15) is 12.4 Å². The Bertz CT molecular complexity index is 686. The van der Waals surface area contributed by atoms with Crippen molar-refractivity contribution in [2.75, 3.05) is 0 Å². The SMILES string of the molecule is CCC(=O)c1ccc2c(c1)nc(CC(C)C)n2CC(=O)O. The molecule has 0 saturated carbocycles. The molecule has 1 aromatic carbocycles. The van der Waals surface area contributed by atoms with E-state index in [-0.39, 0.29) is 12.3 Å². The van der Waals surface area contributed by atoms with Crippen molar-refractivity contribution >= 4 is 22.8 Å². The summed E-state index contributed by atoms with van der Waals surface area (Å²) >= 11 is 0. The molecule has 0 bridgehead atoms. The maximum atomic E-state index is 11.8. The Morgan fingerprint density at radius 1 is 1.33 bits per heavy atom. The number of carboxylic acids is 1. The summed E-state index contributed by atoms with van der Waals surface area (Å²) in [6.45, 7) is 5.84. The molecule has 0 fully saturated rings. The van der Waals surface area contributed by atoms with Crippen LogP contribution in [-0.4, -0.2) is 26.4 Å². The van der Waals surface area contributed by atoms with Crippen LogP contribution in [0.3, 0.4) is 0 Å². The molecule has 2 aromatic rings. The van der Waals surface area contributed by atoms with E-state index in [4.69, 9.17) is 5.11 Å². The van der Waals surface area contributed by atoms with E-state index >= 15 is 0 Å². The molecule has 2 rings (SSSR count). The van der Waals surface area contributed by atoms with Crippen molar-refractivity contribution in [3.05, 3.63) is 29.6 Å². The number of hydrogen-bond acceptors (Lipinski definition) is 3. The number of rotatable bonds is 6. The van der Waals surface area contributed by atoms with Gasteiger partial charge in [0, 0.05) is 18.4 Å². The smallest absolute Gasteiger partial charge is 0.323 e. The van der Waals surface area contributed by atoms with Gasteiger partial charge in [-0.2, -0.15) is 0 Å². The van der Waals surface area contributed by atoms with Gasteiger partial charge in [-0.1, -0.05) is 20.8 Å². The first kappa shape index (κ1) is 15.2. The Balaban J connectivity index is 2.55. The molecule has 112 valence electrons. The van der Waals surface area contributed by atoms with Crippen molar-refractivity contribution in [1.82, 2.24) is 9.55 Å². The number of carbonyl (C=O) groups is 2. The minimum atomic E-state index is -0.895. The second-order valence-electron chi connectivity index (χ2n) is 5.59. The minimum Gasteiger partial charge on any atom is -0.480 e. The number of imidazole rings is 1. The van der Waals surface area contributed by atoms with Crippen LogP contribution in [0.25, 0.3) is 11.0 Å². The van der Waals surface area contributed by atoms with E-state index in [1.54, 1.807) is 22.8 Å². The highest BCUT2D eigenvalue weighted by molar-refractivity contribution is 5.98. The molecule has 5 heteroatoms. The number of ketones is 1. The third-order valence-corrected chi connectivity index (χ3v) is 3.35. The standard InChI is InChI=1S/C16H20N2O3/c1-4-14(19)11-5-6-13-12(8-11)17-15(7-10(2)3)18(13)9-16(20)21/h5-6,8,10H,4,7,9H2,1-3H3,(H,20,21). The first-order chi connectivity index (χ1) is 9.92. The number of carbonyl (C=O) groups excluding carboxylic acids is 1. The van der Waals surface area contributed by atoms with E-state index in [0.717, 1.165) is 11.3 Å². The number of aliphatic carboxylic acids is 1. The van der Waals surface area contributed by atoms with Gasteiger partial charge in [-0.05, 0) is 24.1 Å². The van der Waals surface area contributed by atoms with Crippen LogP contribution in [0.1, 0.15) is 43.4 Å². The largest absolute Gasteiger partial charge is 0.480 e. The monoisotopic (exact) mass is 288 g/mol. The fraction of sp³-hybridized carbons (Fsp3) is 0.438. The van der Waals surface area contributed by atoms with Gasteiger partial charge in [0.05, 0.1) is 11.0 Å². The van der Waals surface area contributed by atoms with Crippen molar-refractivity contribution in [3.8, 4) is 0 Å². The Labute approximate surface area is 123 Å². The number of Topliss-reactive ketones (excluding diaryl/α,β-unsaturated/α-hetero) is 1. The number of aromatic nitrogens is 2. The zero-order chi connectivity index (χ0) is 15.6. The van der Waals surface area contributed by atoms with Crippen LogP contribution in [0.4, 0.5) is 0 Å². The van der Waals surface area contributed by atoms with E-state index < -0.39 is 5.97 Å². The third kappa shape index (κ3) is 3.29. The molecule has 0 aliphatic carbocycles. The van der Waals surface area contributed by atoms with E-state index in [9.17, 15) is 9.59 Å². The number of nitrogens with zero attached hydrogens (tertiary/aromatic N) is 2. The molecule has 0 saturated heterocycles. The highest BCUT2D eigenvalue weighted by Crippen LogP contribution is 2.21. The van der Waals surface area contributed by atoms with Crippen LogP contribution < -0.4 is 0 Å². The normalized spacial score (nSPS) is 11.2. The predicted molar refractivity (Wildman–Crippen MR) is 80.5 cm³/mol. The highest BCUT2D eigenvalue weighted by atomic mass is 16.4. The van der Waals surface area contributed by atoms with Crippen LogP contribution in [0, 0.1) is 5.92 Å². The number of benzene rings is 1. The van der Waals surface area contributed by atoms with E-state index in [1.807, 2.05) is 6.92 Å². The molecule has 1 aromatic heterocycles. The molecule has 0 unspecified atom stereocenters. The lowest BCUT2D eigenvalue weighted by Gasteiger charge is -2.08. The van der Waals surface area contributed by atoms with E-state index in [2.05, 4.69) is 18.8 Å². The molecule has 1 heterocycles. The maximum Gasteiger partial charge on any atom is 0.323 e. The molecular weight excluding hydrogens is 268 g/mol. The molecule has 1 N–H and O–H groups in total. The first-order valence-corrected chi connectivity index (χ1v) is 7.16. The quantitative estimate of drug-likeness (QED) is 0.829. The van der Waals surface area contributed by atoms with Crippen molar-refractivity contribution < 1.29 is 14.7 Å². The Kier molecular flexibility index (Phi) is 4.40. The van der Waals surface area contributed by atoms with Crippen molar-refractivity contribution in [1.29, 1.82) is 0 Å². The maximum absolute atomic E-state index is 11.8. The summed E-state index contributed by atoms with van der Waals surface area (Å²) in [6, 6.07) is 5.29. The number of hydrogen-bond donors (Lipinski definition) is 1. The zero-order valence-corrected chi connectivity index (χ0v) is 12.6. The second kappa shape index (κ2) is 6.08. The van der Waals surface area contributed by atoms with Crippen LogP contribution in [0.15, 0.2) is 18.2 Å². The van der Waals surface area contributed by atoms with Gasteiger partial charge >= 0.3 is 5.97 Å². The predicted octanol–water partition coefficient (Wildman–Crippen LogP) is 2.91. The van der Waals surface area contributed by atoms with Gasteiger partial charge in [-0.25, -0.2) is 4.98 Å². The average molecular weight is 288 g/mol. The average Bonchev–Trinajstić information content (AvgIpc) is 2.73. The lowest BCUT2D eigenvalue weighted by molar-refractivity contribution is -0.137. The van der Waals surface area contributed by atoms with Gasteiger partial charge in [0.2, 0.25) is 0 Å². The van der Waals surface area contributed by atoms with E-state index in [1.165, 1.54) is 0 Å². The fourth-order valence-electron chi connectivity index (χ4n) is 2.39. The summed E-state index contributed by atoms with van der Waals surface area (Å²) < 4.78 is 1.72. The molecule has 0 amide bonds. The summed E-state index contributed by atoms with van der Waals surface area (Å²) in [6.07, 6.45) is 1.15. The molecule has 0 aliphatic heterocycles. The Morgan fingerprint density at radius 3 is 2.62 bits per heavy atom. The summed E-state index contributed by atoms with van der Waals surface area (Å²) in [5, 5.41) is 9.08. The Hall–Kier alpha value is -2.17. The lowest BCUT2D eigenvalue weighted by Crippen LogP contribution is -2.13. The number of carboxylic acid groups (broad SMARTS) is 1. The van der Waals surface area contributed by atoms with Gasteiger partial charge < -0.3 is 9.67 Å². The van der Waals surface area contributed by atoms with Crippen LogP contribution in [0.5, 0.6) is 0 Å². The molecule has 0 spiro atoms. The summed E-state index contributed by atoms with van der Waals surface area (Å²) in [7, 11) is 0. The molecule has 0 aliphatic rings. The molecule has 0 radical (unpaired) electrons. The van der Waals surface area contributed by atoms with Crippen molar-refractivity contribution in [2.24, 2.45) is 5.92 Å². The lowest BCUT2D eigenvalue weighted by atomic mass is 10.1. The molecular formula is C16H20N2O3.